The Balaban J connectivity index is 1.25. The van der Waals surface area contributed by atoms with Crippen molar-refractivity contribution in [1.29, 1.82) is 0 Å². The summed E-state index contributed by atoms with van der Waals surface area (Å²) >= 11 is 0. The summed E-state index contributed by atoms with van der Waals surface area (Å²) in [5.41, 5.74) is 1.09. The van der Waals surface area contributed by atoms with E-state index in [0.717, 1.165) is 5.75 Å². The van der Waals surface area contributed by atoms with Crippen molar-refractivity contribution in [3.63, 3.8) is 0 Å². The van der Waals surface area contributed by atoms with Crippen LogP contribution in [-0.2, 0) is 0 Å². The summed E-state index contributed by atoms with van der Waals surface area (Å²) in [6.45, 7) is 0.180. The number of para-hydroxylation sites is 1. The van der Waals surface area contributed by atoms with Crippen molar-refractivity contribution in [2.75, 3.05) is 12.1 Å². The molecule has 1 aliphatic rings. The van der Waals surface area contributed by atoms with Gasteiger partial charge in [-0.05, 0) is 54.6 Å². The Morgan fingerprint density at radius 2 is 1.63 bits per heavy atom. The Morgan fingerprint density at radius 3 is 2.47 bits per heavy atom. The Kier molecular flexibility index (Phi) is 4.49. The standard InChI is InChI=1S/C22H15N3O5/c26-20(14-6-9-17(10-7-14)29-16-4-2-1-3-5-16)23-22-25-24-21(30-22)15-8-11-18-19(12-15)28-13-27-18/h1-12H,13H2,(H,23,25,26). The first-order valence-corrected chi connectivity index (χ1v) is 9.12. The highest BCUT2D eigenvalue weighted by Crippen LogP contribution is 2.35. The van der Waals surface area contributed by atoms with Crippen LogP contribution >= 0.6 is 0 Å². The molecule has 0 atom stereocenters. The highest BCUT2D eigenvalue weighted by atomic mass is 16.7. The van der Waals surface area contributed by atoms with Crippen LogP contribution in [0, 0.1) is 0 Å². The minimum Gasteiger partial charge on any atom is -0.457 e. The first kappa shape index (κ1) is 17.7. The molecular weight excluding hydrogens is 386 g/mol. The van der Waals surface area contributed by atoms with Crippen LogP contribution in [-0.4, -0.2) is 22.9 Å². The Labute approximate surface area is 171 Å². The molecule has 1 aromatic heterocycles. The molecule has 30 heavy (non-hydrogen) atoms. The van der Waals surface area contributed by atoms with Crippen LogP contribution in [0.15, 0.2) is 77.2 Å². The van der Waals surface area contributed by atoms with E-state index in [0.29, 0.717) is 28.4 Å². The first-order valence-electron chi connectivity index (χ1n) is 9.12. The topological polar surface area (TPSA) is 95.7 Å². The van der Waals surface area contributed by atoms with E-state index in [9.17, 15) is 4.79 Å². The molecular formula is C22H15N3O5. The summed E-state index contributed by atoms with van der Waals surface area (Å²) < 4.78 is 21.9. The van der Waals surface area contributed by atoms with Gasteiger partial charge in [0.2, 0.25) is 12.7 Å². The Morgan fingerprint density at radius 1 is 0.867 bits per heavy atom. The summed E-state index contributed by atoms with van der Waals surface area (Å²) in [7, 11) is 0. The molecule has 0 saturated heterocycles. The molecule has 1 aliphatic heterocycles. The van der Waals surface area contributed by atoms with Crippen molar-refractivity contribution >= 4 is 11.9 Å². The molecule has 0 spiro atoms. The third kappa shape index (κ3) is 3.66. The number of fused-ring (bicyclic) bond motifs is 1. The summed E-state index contributed by atoms with van der Waals surface area (Å²) in [4.78, 5) is 12.5. The number of carbonyl (C=O) groups is 1. The van der Waals surface area contributed by atoms with Gasteiger partial charge in [-0.25, -0.2) is 0 Å². The third-order valence-electron chi connectivity index (χ3n) is 4.36. The number of carbonyl (C=O) groups excluding carboxylic acids is 1. The number of hydrogen-bond donors (Lipinski definition) is 1. The van der Waals surface area contributed by atoms with Gasteiger partial charge in [0.15, 0.2) is 11.5 Å². The van der Waals surface area contributed by atoms with Gasteiger partial charge >= 0.3 is 6.01 Å². The van der Waals surface area contributed by atoms with E-state index in [1.54, 1.807) is 42.5 Å². The van der Waals surface area contributed by atoms with Crippen molar-refractivity contribution in [3.8, 4) is 34.5 Å². The molecule has 0 fully saturated rings. The second-order valence-electron chi connectivity index (χ2n) is 6.37. The molecule has 1 N–H and O–H groups in total. The molecule has 0 bridgehead atoms. The number of aromatic nitrogens is 2. The van der Waals surface area contributed by atoms with E-state index in [4.69, 9.17) is 18.6 Å². The number of benzene rings is 3. The molecule has 0 radical (unpaired) electrons. The third-order valence-corrected chi connectivity index (χ3v) is 4.36. The molecule has 0 unspecified atom stereocenters. The van der Waals surface area contributed by atoms with Crippen molar-refractivity contribution in [2.45, 2.75) is 0 Å². The van der Waals surface area contributed by atoms with Gasteiger partial charge in [-0.15, -0.1) is 5.10 Å². The maximum Gasteiger partial charge on any atom is 0.322 e. The normalized spacial score (nSPS) is 11.9. The predicted octanol–water partition coefficient (Wildman–Crippen LogP) is 4.51. The van der Waals surface area contributed by atoms with Gasteiger partial charge in [0.05, 0.1) is 0 Å². The van der Waals surface area contributed by atoms with E-state index in [2.05, 4.69) is 15.5 Å². The molecule has 4 aromatic rings. The zero-order valence-electron chi connectivity index (χ0n) is 15.6. The van der Waals surface area contributed by atoms with E-state index in [1.165, 1.54) is 0 Å². The SMILES string of the molecule is O=C(Nc1nnc(-c2ccc3c(c2)OCO3)o1)c1ccc(Oc2ccccc2)cc1. The average molecular weight is 401 g/mol. The van der Waals surface area contributed by atoms with Gasteiger partial charge in [-0.1, -0.05) is 23.3 Å². The fourth-order valence-corrected chi connectivity index (χ4v) is 2.89. The molecule has 3 aromatic carbocycles. The molecule has 148 valence electrons. The number of hydrogen-bond acceptors (Lipinski definition) is 7. The van der Waals surface area contributed by atoms with Gasteiger partial charge in [-0.2, -0.15) is 0 Å². The van der Waals surface area contributed by atoms with Gasteiger partial charge in [0.1, 0.15) is 11.5 Å². The minimum absolute atomic E-state index is 0.00252. The quantitative estimate of drug-likeness (QED) is 0.526. The van der Waals surface area contributed by atoms with Crippen LogP contribution in [0.1, 0.15) is 10.4 Å². The van der Waals surface area contributed by atoms with Crippen LogP contribution in [0.5, 0.6) is 23.0 Å². The largest absolute Gasteiger partial charge is 0.457 e. The zero-order valence-corrected chi connectivity index (χ0v) is 15.6. The van der Waals surface area contributed by atoms with Gasteiger partial charge in [0.25, 0.3) is 5.91 Å². The van der Waals surface area contributed by atoms with Crippen molar-refractivity contribution < 1.29 is 23.4 Å². The zero-order chi connectivity index (χ0) is 20.3. The molecule has 5 rings (SSSR count). The summed E-state index contributed by atoms with van der Waals surface area (Å²) in [5, 5.41) is 10.4. The molecule has 0 aliphatic carbocycles. The molecule has 1 amide bonds. The lowest BCUT2D eigenvalue weighted by Gasteiger charge is -2.06. The van der Waals surface area contributed by atoms with E-state index in [-0.39, 0.29) is 24.6 Å². The Hall–Kier alpha value is -4.33. The fourth-order valence-electron chi connectivity index (χ4n) is 2.89. The summed E-state index contributed by atoms with van der Waals surface area (Å²) in [6, 6.07) is 21.4. The van der Waals surface area contributed by atoms with Crippen LogP contribution < -0.4 is 19.5 Å². The van der Waals surface area contributed by atoms with Crippen LogP contribution in [0.3, 0.4) is 0 Å². The van der Waals surface area contributed by atoms with Crippen LogP contribution in [0.4, 0.5) is 6.01 Å². The molecule has 2 heterocycles. The number of anilines is 1. The second-order valence-corrected chi connectivity index (χ2v) is 6.37. The van der Waals surface area contributed by atoms with E-state index < -0.39 is 0 Å². The highest BCUT2D eigenvalue weighted by Gasteiger charge is 2.17. The summed E-state index contributed by atoms with van der Waals surface area (Å²) in [6.07, 6.45) is 0. The predicted molar refractivity (Wildman–Crippen MR) is 107 cm³/mol. The maximum atomic E-state index is 12.5. The second kappa shape index (κ2) is 7.59. The lowest BCUT2D eigenvalue weighted by Crippen LogP contribution is -2.11. The van der Waals surface area contributed by atoms with Crippen LogP contribution in [0.2, 0.25) is 0 Å². The van der Waals surface area contributed by atoms with Crippen molar-refractivity contribution in [2.24, 2.45) is 0 Å². The maximum absolute atomic E-state index is 12.5. The molecule has 8 heteroatoms. The smallest absolute Gasteiger partial charge is 0.322 e. The van der Waals surface area contributed by atoms with Crippen molar-refractivity contribution in [3.05, 3.63) is 78.4 Å². The Bertz CT molecular complexity index is 1190. The lowest BCUT2D eigenvalue weighted by molar-refractivity contribution is 0.102. The van der Waals surface area contributed by atoms with Gasteiger partial charge in [-0.3, -0.25) is 10.1 Å². The monoisotopic (exact) mass is 401 g/mol. The van der Waals surface area contributed by atoms with Crippen LogP contribution in [0.25, 0.3) is 11.5 Å². The van der Waals surface area contributed by atoms with E-state index >= 15 is 0 Å². The van der Waals surface area contributed by atoms with Crippen molar-refractivity contribution in [1.82, 2.24) is 10.2 Å². The highest BCUT2D eigenvalue weighted by molar-refractivity contribution is 6.03. The summed E-state index contributed by atoms with van der Waals surface area (Å²) in [5.74, 6) is 2.50. The molecule has 0 saturated carbocycles. The van der Waals surface area contributed by atoms with Gasteiger partial charge in [0, 0.05) is 11.1 Å². The first-order chi connectivity index (χ1) is 14.7. The number of rotatable bonds is 5. The number of amides is 1. The number of nitrogens with one attached hydrogen (secondary N) is 1. The number of nitrogens with zero attached hydrogens (tertiary/aromatic N) is 2. The van der Waals surface area contributed by atoms with Gasteiger partial charge < -0.3 is 18.6 Å². The lowest BCUT2D eigenvalue weighted by atomic mass is 10.2. The molecule has 8 nitrogen and oxygen atoms in total. The average Bonchev–Trinajstić information content (AvgIpc) is 3.44. The van der Waals surface area contributed by atoms with E-state index in [1.807, 2.05) is 30.3 Å². The minimum atomic E-state index is -0.373. The number of ether oxygens (including phenoxy) is 3. The fraction of sp³-hybridized carbons (Fsp3) is 0.0455.